The van der Waals surface area contributed by atoms with E-state index in [0.717, 1.165) is 36.9 Å². The highest BCUT2D eigenvalue weighted by molar-refractivity contribution is 5.26. The van der Waals surface area contributed by atoms with Crippen molar-refractivity contribution in [3.63, 3.8) is 0 Å². The summed E-state index contributed by atoms with van der Waals surface area (Å²) in [6, 6.07) is 4.84. The molecule has 118 valence electrons. The van der Waals surface area contributed by atoms with Gasteiger partial charge in [-0.1, -0.05) is 19.4 Å². The van der Waals surface area contributed by atoms with Gasteiger partial charge in [0.25, 0.3) is 0 Å². The lowest BCUT2D eigenvalue weighted by molar-refractivity contribution is -0.0803. The Labute approximate surface area is 126 Å². The number of aliphatic hydroxyl groups excluding tert-OH is 2. The first-order chi connectivity index (χ1) is 10.0. The molecule has 0 unspecified atom stereocenters. The van der Waals surface area contributed by atoms with Gasteiger partial charge in [0.2, 0.25) is 0 Å². The van der Waals surface area contributed by atoms with Gasteiger partial charge in [-0.3, -0.25) is 4.90 Å². The molecule has 0 saturated carbocycles. The van der Waals surface area contributed by atoms with E-state index >= 15 is 0 Å². The first-order valence-corrected chi connectivity index (χ1v) is 7.77. The lowest BCUT2D eigenvalue weighted by Crippen LogP contribution is -2.52. The van der Waals surface area contributed by atoms with Crippen LogP contribution in [0, 0.1) is 18.2 Å². The predicted octanol–water partition coefficient (Wildman–Crippen LogP) is 2.48. The smallest absolute Gasteiger partial charge is 0.123 e. The molecule has 2 N–H and O–H groups in total. The van der Waals surface area contributed by atoms with Crippen molar-refractivity contribution in [3.8, 4) is 0 Å². The zero-order valence-corrected chi connectivity index (χ0v) is 13.0. The fourth-order valence-corrected chi connectivity index (χ4v) is 3.32. The zero-order valence-electron chi connectivity index (χ0n) is 13.0. The van der Waals surface area contributed by atoms with Crippen molar-refractivity contribution in [3.05, 3.63) is 35.1 Å². The number of hydrogen-bond acceptors (Lipinski definition) is 3. The van der Waals surface area contributed by atoms with Crippen LogP contribution in [0.5, 0.6) is 0 Å². The van der Waals surface area contributed by atoms with Crippen LogP contribution >= 0.6 is 0 Å². The van der Waals surface area contributed by atoms with Crippen LogP contribution in [0.4, 0.5) is 4.39 Å². The van der Waals surface area contributed by atoms with Crippen molar-refractivity contribution in [2.24, 2.45) is 5.41 Å². The van der Waals surface area contributed by atoms with Gasteiger partial charge in [-0.25, -0.2) is 4.39 Å². The molecule has 1 aliphatic heterocycles. The first-order valence-electron chi connectivity index (χ1n) is 7.77. The second-order valence-electron chi connectivity index (χ2n) is 6.34. The highest BCUT2D eigenvalue weighted by Gasteiger charge is 2.40. The summed E-state index contributed by atoms with van der Waals surface area (Å²) in [7, 11) is 0. The molecule has 2 rings (SSSR count). The molecule has 0 bridgehead atoms. The Bertz CT molecular complexity index is 480. The van der Waals surface area contributed by atoms with E-state index in [1.54, 1.807) is 12.1 Å². The Morgan fingerprint density at radius 3 is 2.81 bits per heavy atom. The average Bonchev–Trinajstić information content (AvgIpc) is 2.46. The molecule has 0 radical (unpaired) electrons. The number of hydrogen-bond donors (Lipinski definition) is 2. The Morgan fingerprint density at radius 1 is 1.43 bits per heavy atom. The molecule has 0 spiro atoms. The van der Waals surface area contributed by atoms with E-state index < -0.39 is 6.10 Å². The number of β-amino-alcohol motifs (C(OH)–C–C–N with tert-alkyl or cyclic N) is 1. The van der Waals surface area contributed by atoms with Gasteiger partial charge in [-0.15, -0.1) is 0 Å². The van der Waals surface area contributed by atoms with Crippen LogP contribution in [0.1, 0.15) is 37.3 Å². The molecule has 3 nitrogen and oxygen atoms in total. The Hall–Kier alpha value is -0.970. The van der Waals surface area contributed by atoms with Crippen molar-refractivity contribution in [2.45, 2.75) is 45.8 Å². The number of benzene rings is 1. The summed E-state index contributed by atoms with van der Waals surface area (Å²) >= 11 is 0. The summed E-state index contributed by atoms with van der Waals surface area (Å²) in [5.74, 6) is -0.219. The third-order valence-electron chi connectivity index (χ3n) is 4.83. The molecule has 1 heterocycles. The second-order valence-corrected chi connectivity index (χ2v) is 6.34. The molecule has 1 aromatic carbocycles. The summed E-state index contributed by atoms with van der Waals surface area (Å²) in [5.41, 5.74) is 1.68. The maximum Gasteiger partial charge on any atom is 0.123 e. The third kappa shape index (κ3) is 3.62. The summed E-state index contributed by atoms with van der Waals surface area (Å²) in [6.45, 7) is 6.10. The summed E-state index contributed by atoms with van der Waals surface area (Å²) in [5, 5.41) is 20.1. The van der Waals surface area contributed by atoms with E-state index in [2.05, 4.69) is 11.8 Å². The summed E-state index contributed by atoms with van der Waals surface area (Å²) in [6.07, 6.45) is 2.07. The minimum absolute atomic E-state index is 0.0365. The quantitative estimate of drug-likeness (QED) is 0.877. The number of halogens is 1. The maximum atomic E-state index is 13.4. The number of piperidine rings is 1. The number of aryl methyl sites for hydroxylation is 1. The fourth-order valence-electron chi connectivity index (χ4n) is 3.32. The van der Waals surface area contributed by atoms with Gasteiger partial charge in [0.15, 0.2) is 0 Å². The zero-order chi connectivity index (χ0) is 15.5. The van der Waals surface area contributed by atoms with E-state index in [1.165, 1.54) is 6.07 Å². The molecule has 1 aliphatic rings. The number of aliphatic hydroxyl groups is 2. The maximum absolute atomic E-state index is 13.4. The van der Waals surface area contributed by atoms with E-state index in [-0.39, 0.29) is 17.8 Å². The number of nitrogens with zero attached hydrogens (tertiary/aromatic N) is 1. The summed E-state index contributed by atoms with van der Waals surface area (Å²) in [4.78, 5) is 2.15. The van der Waals surface area contributed by atoms with Gasteiger partial charge < -0.3 is 10.2 Å². The van der Waals surface area contributed by atoms with Crippen LogP contribution in [-0.2, 0) is 6.54 Å². The van der Waals surface area contributed by atoms with E-state index in [0.29, 0.717) is 13.1 Å². The first kappa shape index (κ1) is 16.4. The predicted molar refractivity (Wildman–Crippen MR) is 81.5 cm³/mol. The van der Waals surface area contributed by atoms with Crippen molar-refractivity contribution in [2.75, 3.05) is 19.7 Å². The third-order valence-corrected chi connectivity index (χ3v) is 4.83. The number of likely N-dealkylation sites (tertiary alicyclic amines) is 1. The molecule has 1 fully saturated rings. The Morgan fingerprint density at radius 2 is 2.19 bits per heavy atom. The summed E-state index contributed by atoms with van der Waals surface area (Å²) < 4.78 is 13.4. The lowest BCUT2D eigenvalue weighted by Gasteiger charge is -2.44. The molecular formula is C17H26FNO2. The van der Waals surface area contributed by atoms with Crippen LogP contribution in [0.2, 0.25) is 0 Å². The van der Waals surface area contributed by atoms with Gasteiger partial charge in [0.1, 0.15) is 5.82 Å². The van der Waals surface area contributed by atoms with Crippen molar-refractivity contribution >= 4 is 0 Å². The van der Waals surface area contributed by atoms with Crippen molar-refractivity contribution < 1.29 is 14.6 Å². The molecule has 0 aromatic heterocycles. The second kappa shape index (κ2) is 6.86. The topological polar surface area (TPSA) is 43.7 Å². The molecule has 4 heteroatoms. The molecule has 1 saturated heterocycles. The molecular weight excluding hydrogens is 269 g/mol. The molecule has 0 aliphatic carbocycles. The SMILES string of the molecule is CCC[C@]1(CO)CCN(Cc2cc(F)ccc2C)C[C@H]1O. The molecule has 0 amide bonds. The van der Waals surface area contributed by atoms with E-state index in [9.17, 15) is 14.6 Å². The van der Waals surface area contributed by atoms with Gasteiger partial charge in [0.05, 0.1) is 12.7 Å². The van der Waals surface area contributed by atoms with Crippen LogP contribution in [0.25, 0.3) is 0 Å². The van der Waals surface area contributed by atoms with Crippen LogP contribution in [0.3, 0.4) is 0 Å². The fraction of sp³-hybridized carbons (Fsp3) is 0.647. The highest BCUT2D eigenvalue weighted by atomic mass is 19.1. The van der Waals surface area contributed by atoms with Crippen LogP contribution < -0.4 is 0 Å². The average molecular weight is 295 g/mol. The van der Waals surface area contributed by atoms with Crippen molar-refractivity contribution in [1.82, 2.24) is 4.90 Å². The van der Waals surface area contributed by atoms with Crippen LogP contribution in [0.15, 0.2) is 18.2 Å². The van der Waals surface area contributed by atoms with E-state index in [1.807, 2.05) is 6.92 Å². The van der Waals surface area contributed by atoms with Crippen LogP contribution in [-0.4, -0.2) is 40.9 Å². The normalized spacial score (nSPS) is 27.0. The van der Waals surface area contributed by atoms with Gasteiger partial charge in [0, 0.05) is 18.5 Å². The molecule has 1 aromatic rings. The monoisotopic (exact) mass is 295 g/mol. The number of rotatable bonds is 5. The Balaban J connectivity index is 2.04. The Kier molecular flexibility index (Phi) is 5.36. The standard InChI is InChI=1S/C17H26FNO2/c1-3-6-17(12-20)7-8-19(11-16(17)21)10-14-9-15(18)5-4-13(14)2/h4-5,9,16,20-21H,3,6-8,10-12H2,1-2H3/t16-,17-/m1/s1. The highest BCUT2D eigenvalue weighted by Crippen LogP contribution is 2.36. The largest absolute Gasteiger partial charge is 0.396 e. The molecule has 21 heavy (non-hydrogen) atoms. The van der Waals surface area contributed by atoms with Gasteiger partial charge in [-0.2, -0.15) is 0 Å². The van der Waals surface area contributed by atoms with E-state index in [4.69, 9.17) is 0 Å². The lowest BCUT2D eigenvalue weighted by atomic mass is 9.73. The molecule has 2 atom stereocenters. The van der Waals surface area contributed by atoms with Gasteiger partial charge in [-0.05, 0) is 49.6 Å². The van der Waals surface area contributed by atoms with Gasteiger partial charge >= 0.3 is 0 Å². The van der Waals surface area contributed by atoms with Crippen molar-refractivity contribution in [1.29, 1.82) is 0 Å². The minimum Gasteiger partial charge on any atom is -0.396 e. The minimum atomic E-state index is -0.523.